The number of primary amides is 1. The molecule has 0 fully saturated rings. The van der Waals surface area contributed by atoms with Crippen LogP contribution >= 0.6 is 11.3 Å². The Morgan fingerprint density at radius 1 is 1.20 bits per heavy atom. The number of urea groups is 1. The predicted molar refractivity (Wildman–Crippen MR) is 96.6 cm³/mol. The highest BCUT2D eigenvalue weighted by molar-refractivity contribution is 7.10. The Morgan fingerprint density at radius 2 is 2.00 bits per heavy atom. The van der Waals surface area contributed by atoms with Gasteiger partial charge in [-0.2, -0.15) is 5.10 Å². The Bertz CT molecular complexity index is 829. The number of nitrogens with one attached hydrogen (secondary N) is 2. The number of carbonyl (C=O) groups excluding carboxylic acids is 2. The third kappa shape index (κ3) is 4.45. The number of hydrogen-bond acceptors (Lipinski definition) is 4. The van der Waals surface area contributed by atoms with Gasteiger partial charge < -0.3 is 16.4 Å². The van der Waals surface area contributed by atoms with Gasteiger partial charge in [0.25, 0.3) is 0 Å². The molecular formula is C17H17N5O2S. The van der Waals surface area contributed by atoms with Crippen molar-refractivity contribution in [2.45, 2.75) is 12.5 Å². The van der Waals surface area contributed by atoms with Crippen LogP contribution < -0.4 is 16.4 Å². The average Bonchev–Trinajstić information content (AvgIpc) is 3.28. The quantitative estimate of drug-likeness (QED) is 0.633. The van der Waals surface area contributed by atoms with E-state index in [9.17, 15) is 9.59 Å². The summed E-state index contributed by atoms with van der Waals surface area (Å²) in [6.07, 6.45) is 3.64. The zero-order valence-corrected chi connectivity index (χ0v) is 14.1. The Labute approximate surface area is 148 Å². The molecule has 3 amide bonds. The number of benzene rings is 1. The van der Waals surface area contributed by atoms with Crippen molar-refractivity contribution in [3.8, 4) is 5.69 Å². The van der Waals surface area contributed by atoms with Gasteiger partial charge in [0, 0.05) is 23.0 Å². The normalized spacial score (nSPS) is 11.7. The van der Waals surface area contributed by atoms with Gasteiger partial charge in [-0.25, -0.2) is 9.48 Å². The first-order chi connectivity index (χ1) is 12.1. The molecule has 3 rings (SSSR count). The van der Waals surface area contributed by atoms with Crippen molar-refractivity contribution < 1.29 is 9.59 Å². The molecule has 0 saturated carbocycles. The summed E-state index contributed by atoms with van der Waals surface area (Å²) in [6.45, 7) is 0. The minimum absolute atomic E-state index is 0.102. The molecule has 0 saturated heterocycles. The first kappa shape index (κ1) is 16.7. The van der Waals surface area contributed by atoms with Gasteiger partial charge in [-0.1, -0.05) is 6.07 Å². The smallest absolute Gasteiger partial charge is 0.312 e. The lowest BCUT2D eigenvalue weighted by molar-refractivity contribution is -0.116. The summed E-state index contributed by atoms with van der Waals surface area (Å²) in [5.41, 5.74) is 6.77. The monoisotopic (exact) mass is 355 g/mol. The van der Waals surface area contributed by atoms with E-state index in [0.717, 1.165) is 10.6 Å². The molecule has 0 aliphatic rings. The van der Waals surface area contributed by atoms with Crippen molar-refractivity contribution in [3.63, 3.8) is 0 Å². The number of nitrogens with two attached hydrogens (primary N) is 1. The molecule has 1 unspecified atom stereocenters. The largest absolute Gasteiger partial charge is 0.352 e. The molecule has 128 valence electrons. The molecule has 0 aliphatic heterocycles. The summed E-state index contributed by atoms with van der Waals surface area (Å²) < 4.78 is 1.73. The summed E-state index contributed by atoms with van der Waals surface area (Å²) in [5, 5.41) is 11.5. The maximum Gasteiger partial charge on any atom is 0.312 e. The van der Waals surface area contributed by atoms with Crippen LogP contribution in [-0.2, 0) is 4.79 Å². The number of nitrogens with zero attached hydrogens (tertiary/aromatic N) is 2. The van der Waals surface area contributed by atoms with Gasteiger partial charge in [-0.15, -0.1) is 11.3 Å². The van der Waals surface area contributed by atoms with Gasteiger partial charge in [0.15, 0.2) is 0 Å². The maximum absolute atomic E-state index is 12.3. The van der Waals surface area contributed by atoms with Crippen LogP contribution in [0, 0.1) is 0 Å². The number of amides is 3. The fourth-order valence-electron chi connectivity index (χ4n) is 2.40. The highest BCUT2D eigenvalue weighted by atomic mass is 32.1. The highest BCUT2D eigenvalue weighted by Gasteiger charge is 2.18. The summed E-state index contributed by atoms with van der Waals surface area (Å²) in [5.74, 6) is -0.209. The number of rotatable bonds is 6. The van der Waals surface area contributed by atoms with Crippen molar-refractivity contribution in [3.05, 3.63) is 65.1 Å². The molecular weight excluding hydrogens is 338 g/mol. The van der Waals surface area contributed by atoms with Gasteiger partial charge in [-0.3, -0.25) is 4.79 Å². The van der Waals surface area contributed by atoms with Crippen LogP contribution in [-0.4, -0.2) is 21.7 Å². The van der Waals surface area contributed by atoms with Gasteiger partial charge in [0.2, 0.25) is 5.91 Å². The molecule has 0 radical (unpaired) electrons. The molecule has 1 aromatic carbocycles. The van der Waals surface area contributed by atoms with Gasteiger partial charge >= 0.3 is 6.03 Å². The molecule has 8 heteroatoms. The van der Waals surface area contributed by atoms with Crippen LogP contribution in [0.2, 0.25) is 0 Å². The topological polar surface area (TPSA) is 102 Å². The van der Waals surface area contributed by atoms with E-state index < -0.39 is 12.1 Å². The van der Waals surface area contributed by atoms with Crippen molar-refractivity contribution >= 4 is 29.0 Å². The van der Waals surface area contributed by atoms with E-state index in [4.69, 9.17) is 5.73 Å². The van der Waals surface area contributed by atoms with E-state index in [-0.39, 0.29) is 12.3 Å². The second-order valence-electron chi connectivity index (χ2n) is 5.33. The maximum atomic E-state index is 12.3. The van der Waals surface area contributed by atoms with E-state index >= 15 is 0 Å². The molecule has 2 aromatic heterocycles. The number of anilines is 1. The third-order valence-corrected chi connectivity index (χ3v) is 4.50. The van der Waals surface area contributed by atoms with Gasteiger partial charge in [-0.05, 0) is 41.8 Å². The lowest BCUT2D eigenvalue weighted by Gasteiger charge is -2.16. The van der Waals surface area contributed by atoms with Gasteiger partial charge in [0.05, 0.1) is 18.2 Å². The molecule has 0 bridgehead atoms. The molecule has 7 nitrogen and oxygen atoms in total. The predicted octanol–water partition coefficient (Wildman–Crippen LogP) is 2.67. The fraction of sp³-hybridized carbons (Fsp3) is 0.118. The third-order valence-electron chi connectivity index (χ3n) is 3.51. The Hall–Kier alpha value is -3.13. The molecule has 1 atom stereocenters. The van der Waals surface area contributed by atoms with E-state index in [1.807, 2.05) is 41.9 Å². The summed E-state index contributed by atoms with van der Waals surface area (Å²) in [7, 11) is 0. The Morgan fingerprint density at radius 3 is 2.60 bits per heavy atom. The molecule has 3 aromatic rings. The zero-order chi connectivity index (χ0) is 17.6. The van der Waals surface area contributed by atoms with Crippen molar-refractivity contribution in [2.75, 3.05) is 5.32 Å². The Balaban J connectivity index is 1.63. The summed E-state index contributed by atoms with van der Waals surface area (Å²) in [6, 6.07) is 11.8. The lowest BCUT2D eigenvalue weighted by atomic mass is 10.1. The SMILES string of the molecule is NC(=O)NC(CC(=O)Nc1ccc(-n2cccn2)cc1)c1cccs1. The second kappa shape index (κ2) is 7.63. The molecule has 25 heavy (non-hydrogen) atoms. The lowest BCUT2D eigenvalue weighted by Crippen LogP contribution is -2.34. The van der Waals surface area contributed by atoms with Crippen molar-refractivity contribution in [1.29, 1.82) is 0 Å². The van der Waals surface area contributed by atoms with Crippen LogP contribution in [0.5, 0.6) is 0 Å². The van der Waals surface area contributed by atoms with E-state index in [0.29, 0.717) is 5.69 Å². The second-order valence-corrected chi connectivity index (χ2v) is 6.31. The Kier molecular flexibility index (Phi) is 5.10. The average molecular weight is 355 g/mol. The molecule has 2 heterocycles. The first-order valence-electron chi connectivity index (χ1n) is 7.61. The summed E-state index contributed by atoms with van der Waals surface area (Å²) in [4.78, 5) is 24.3. The van der Waals surface area contributed by atoms with E-state index in [1.54, 1.807) is 23.0 Å². The standard InChI is InChI=1S/C17H17N5O2S/c18-17(24)21-14(15-3-1-10-25-15)11-16(23)20-12-4-6-13(7-5-12)22-9-2-8-19-22/h1-10,14H,11H2,(H,20,23)(H3,18,21,24). The van der Waals surface area contributed by atoms with Crippen LogP contribution in [0.25, 0.3) is 5.69 Å². The first-order valence-corrected chi connectivity index (χ1v) is 8.49. The van der Waals surface area contributed by atoms with Crippen LogP contribution in [0.15, 0.2) is 60.2 Å². The molecule has 0 aliphatic carbocycles. The number of hydrogen-bond donors (Lipinski definition) is 3. The minimum atomic E-state index is -0.658. The van der Waals surface area contributed by atoms with E-state index in [1.165, 1.54) is 11.3 Å². The van der Waals surface area contributed by atoms with Crippen LogP contribution in [0.3, 0.4) is 0 Å². The fourth-order valence-corrected chi connectivity index (χ4v) is 3.18. The van der Waals surface area contributed by atoms with Crippen LogP contribution in [0.4, 0.5) is 10.5 Å². The molecule has 0 spiro atoms. The van der Waals surface area contributed by atoms with Crippen LogP contribution in [0.1, 0.15) is 17.3 Å². The van der Waals surface area contributed by atoms with Gasteiger partial charge in [0.1, 0.15) is 0 Å². The van der Waals surface area contributed by atoms with E-state index in [2.05, 4.69) is 15.7 Å². The number of thiophene rings is 1. The number of aromatic nitrogens is 2. The van der Waals surface area contributed by atoms with Crippen molar-refractivity contribution in [2.24, 2.45) is 5.73 Å². The number of carbonyl (C=O) groups is 2. The highest BCUT2D eigenvalue weighted by Crippen LogP contribution is 2.22. The van der Waals surface area contributed by atoms with Crippen molar-refractivity contribution in [1.82, 2.24) is 15.1 Å². The summed E-state index contributed by atoms with van der Waals surface area (Å²) >= 11 is 1.46. The minimum Gasteiger partial charge on any atom is -0.352 e. The zero-order valence-electron chi connectivity index (χ0n) is 13.3. The molecule has 4 N–H and O–H groups in total.